The van der Waals surface area contributed by atoms with Crippen LogP contribution in [0.2, 0.25) is 0 Å². The monoisotopic (exact) mass is 246 g/mol. The van der Waals surface area contributed by atoms with Crippen LogP contribution in [0.15, 0.2) is 0 Å². The van der Waals surface area contributed by atoms with E-state index in [1.807, 2.05) is 0 Å². The summed E-state index contributed by atoms with van der Waals surface area (Å²) in [6.07, 6.45) is 3.96. The van der Waals surface area contributed by atoms with Crippen LogP contribution in [-0.4, -0.2) is 36.8 Å². The lowest BCUT2D eigenvalue weighted by Crippen LogP contribution is -2.38. The molecule has 0 radical (unpaired) electrons. The third kappa shape index (κ3) is 10.3. The van der Waals surface area contributed by atoms with Gasteiger partial charge in [-0.15, -0.1) is 0 Å². The van der Waals surface area contributed by atoms with Gasteiger partial charge >= 0.3 is 0 Å². The molecule has 4 heteroatoms. The molecule has 1 unspecified atom stereocenters. The number of hydrogen-bond acceptors (Lipinski definition) is 3. The van der Waals surface area contributed by atoms with Gasteiger partial charge < -0.3 is 15.7 Å². The lowest BCUT2D eigenvalue weighted by Gasteiger charge is -2.19. The second-order valence-corrected chi connectivity index (χ2v) is 4.73. The molecule has 1 saturated heterocycles. The molecule has 1 fully saturated rings. The van der Waals surface area contributed by atoms with Crippen molar-refractivity contribution >= 4 is 5.97 Å². The number of likely N-dealkylation sites (N-methyl/N-ethyl adjacent to an activating group) is 1. The van der Waals surface area contributed by atoms with Gasteiger partial charge in [0.25, 0.3) is 5.97 Å². The van der Waals surface area contributed by atoms with Gasteiger partial charge in [-0.3, -0.25) is 4.79 Å². The highest BCUT2D eigenvalue weighted by Gasteiger charge is 2.24. The molecular formula is C13H30N2O2. The fourth-order valence-corrected chi connectivity index (χ4v) is 1.93. The Morgan fingerprint density at radius 3 is 2.47 bits per heavy atom. The van der Waals surface area contributed by atoms with Crippen molar-refractivity contribution in [1.29, 1.82) is 0 Å². The molecule has 0 bridgehead atoms. The number of nitrogens with one attached hydrogen (secondary N) is 2. The Morgan fingerprint density at radius 1 is 1.53 bits per heavy atom. The van der Waals surface area contributed by atoms with Crippen molar-refractivity contribution in [3.05, 3.63) is 0 Å². The molecule has 17 heavy (non-hydrogen) atoms. The summed E-state index contributed by atoms with van der Waals surface area (Å²) in [5.41, 5.74) is 0. The quantitative estimate of drug-likeness (QED) is 0.711. The van der Waals surface area contributed by atoms with E-state index in [4.69, 9.17) is 9.90 Å². The van der Waals surface area contributed by atoms with Crippen LogP contribution in [0.4, 0.5) is 0 Å². The predicted octanol–water partition coefficient (Wildman–Crippen LogP) is 2.10. The third-order valence-electron chi connectivity index (χ3n) is 2.77. The Morgan fingerprint density at radius 2 is 2.06 bits per heavy atom. The van der Waals surface area contributed by atoms with Gasteiger partial charge in [0, 0.05) is 19.0 Å². The summed E-state index contributed by atoms with van der Waals surface area (Å²) in [4.78, 5) is 9.00. The summed E-state index contributed by atoms with van der Waals surface area (Å²) in [6.45, 7) is 6.86. The Balaban J connectivity index is 0. The van der Waals surface area contributed by atoms with Crippen molar-refractivity contribution < 1.29 is 9.90 Å². The minimum atomic E-state index is -0.833. The Labute approximate surface area is 106 Å². The van der Waals surface area contributed by atoms with E-state index in [0.29, 0.717) is 6.04 Å². The van der Waals surface area contributed by atoms with Gasteiger partial charge in [-0.2, -0.15) is 0 Å². The van der Waals surface area contributed by atoms with Crippen molar-refractivity contribution in [2.75, 3.05) is 13.6 Å². The van der Waals surface area contributed by atoms with E-state index < -0.39 is 5.97 Å². The fourth-order valence-electron chi connectivity index (χ4n) is 1.93. The summed E-state index contributed by atoms with van der Waals surface area (Å²) in [5, 5.41) is 14.3. The molecule has 1 rings (SSSR count). The zero-order chi connectivity index (χ0) is 12.6. The first kappa shape index (κ1) is 18.7. The number of carboxylic acid groups (broad SMARTS) is 1. The molecule has 3 N–H and O–H groups in total. The highest BCUT2D eigenvalue weighted by atomic mass is 16.4. The summed E-state index contributed by atoms with van der Waals surface area (Å²) in [7, 11) is 2.07. The average Bonchev–Trinajstić information content (AvgIpc) is 2.60. The molecular weight excluding hydrogens is 216 g/mol. The van der Waals surface area contributed by atoms with Crippen molar-refractivity contribution in [1.82, 2.24) is 10.6 Å². The standard InChI is InChI=1S/C10H22N2.C2H4O2.CH4/c1-8(2)4-5-10-9(11-3)6-7-12-10;1-2(3)4;/h8-12H,4-7H2,1-3H3;1H3,(H,3,4);1H4/t9-,10?;;/m1../s1. The third-order valence-corrected chi connectivity index (χ3v) is 2.77. The maximum absolute atomic E-state index is 9.00. The van der Waals surface area contributed by atoms with E-state index in [2.05, 4.69) is 31.5 Å². The van der Waals surface area contributed by atoms with Crippen LogP contribution >= 0.6 is 0 Å². The van der Waals surface area contributed by atoms with Gasteiger partial charge in [0.2, 0.25) is 0 Å². The maximum Gasteiger partial charge on any atom is 0.300 e. The van der Waals surface area contributed by atoms with Crippen molar-refractivity contribution in [3.8, 4) is 0 Å². The first-order valence-electron chi connectivity index (χ1n) is 6.07. The molecule has 1 heterocycles. The molecule has 0 saturated carbocycles. The topological polar surface area (TPSA) is 61.4 Å². The molecule has 0 spiro atoms. The molecule has 0 amide bonds. The summed E-state index contributed by atoms with van der Waals surface area (Å²) < 4.78 is 0. The number of aliphatic carboxylic acids is 1. The van der Waals surface area contributed by atoms with E-state index in [0.717, 1.165) is 18.9 Å². The van der Waals surface area contributed by atoms with Crippen LogP contribution in [0.25, 0.3) is 0 Å². The van der Waals surface area contributed by atoms with Crippen LogP contribution in [0.5, 0.6) is 0 Å². The van der Waals surface area contributed by atoms with Gasteiger partial charge in [-0.1, -0.05) is 21.3 Å². The predicted molar refractivity (Wildman–Crippen MR) is 73.4 cm³/mol. The minimum absolute atomic E-state index is 0. The van der Waals surface area contributed by atoms with Gasteiger partial charge in [0.1, 0.15) is 0 Å². The van der Waals surface area contributed by atoms with E-state index in [9.17, 15) is 0 Å². The highest BCUT2D eigenvalue weighted by Crippen LogP contribution is 2.14. The van der Waals surface area contributed by atoms with E-state index in [1.165, 1.54) is 25.8 Å². The zero-order valence-corrected chi connectivity index (χ0v) is 10.9. The smallest absolute Gasteiger partial charge is 0.300 e. The molecule has 0 aromatic carbocycles. The Kier molecular flexibility index (Phi) is 11.6. The van der Waals surface area contributed by atoms with Gasteiger partial charge in [0.05, 0.1) is 0 Å². The summed E-state index contributed by atoms with van der Waals surface area (Å²) in [5.74, 6) is 0.00454. The molecule has 0 aromatic rings. The Bertz CT molecular complexity index is 192. The molecule has 0 aliphatic carbocycles. The molecule has 1 aliphatic heterocycles. The van der Waals surface area contributed by atoms with Gasteiger partial charge in [0.15, 0.2) is 0 Å². The highest BCUT2D eigenvalue weighted by molar-refractivity contribution is 5.62. The lowest BCUT2D eigenvalue weighted by atomic mass is 9.99. The van der Waals surface area contributed by atoms with Gasteiger partial charge in [-0.25, -0.2) is 0 Å². The van der Waals surface area contributed by atoms with Crippen LogP contribution in [0, 0.1) is 5.92 Å². The van der Waals surface area contributed by atoms with Crippen molar-refractivity contribution in [3.63, 3.8) is 0 Å². The van der Waals surface area contributed by atoms with Crippen LogP contribution in [0.1, 0.15) is 47.5 Å². The normalized spacial score (nSPS) is 22.6. The fraction of sp³-hybridized carbons (Fsp3) is 0.923. The first-order chi connectivity index (χ1) is 7.47. The second kappa shape index (κ2) is 10.5. The number of rotatable bonds is 4. The number of carbonyl (C=O) groups is 1. The maximum atomic E-state index is 9.00. The first-order valence-corrected chi connectivity index (χ1v) is 6.07. The van der Waals surface area contributed by atoms with Crippen LogP contribution in [-0.2, 0) is 4.79 Å². The Hall–Kier alpha value is -0.610. The van der Waals surface area contributed by atoms with E-state index >= 15 is 0 Å². The lowest BCUT2D eigenvalue weighted by molar-refractivity contribution is -0.134. The molecule has 4 nitrogen and oxygen atoms in total. The van der Waals surface area contributed by atoms with Gasteiger partial charge in [-0.05, 0) is 38.8 Å². The van der Waals surface area contributed by atoms with E-state index in [1.54, 1.807) is 0 Å². The SMILES string of the molecule is C.CC(=O)O.CN[C@@H]1CCNC1CCC(C)C. The van der Waals surface area contributed by atoms with Crippen molar-refractivity contribution in [2.24, 2.45) is 5.92 Å². The summed E-state index contributed by atoms with van der Waals surface area (Å²) in [6, 6.07) is 1.43. The second-order valence-electron chi connectivity index (χ2n) is 4.73. The average molecular weight is 246 g/mol. The molecule has 0 aromatic heterocycles. The molecule has 1 aliphatic rings. The molecule has 104 valence electrons. The van der Waals surface area contributed by atoms with Crippen molar-refractivity contribution in [2.45, 2.75) is 59.5 Å². The van der Waals surface area contributed by atoms with E-state index in [-0.39, 0.29) is 7.43 Å². The number of carboxylic acids is 1. The zero-order valence-electron chi connectivity index (χ0n) is 10.9. The minimum Gasteiger partial charge on any atom is -0.481 e. The summed E-state index contributed by atoms with van der Waals surface area (Å²) >= 11 is 0. The van der Waals surface area contributed by atoms with Crippen LogP contribution < -0.4 is 10.6 Å². The van der Waals surface area contributed by atoms with Crippen LogP contribution in [0.3, 0.4) is 0 Å². The number of hydrogen-bond donors (Lipinski definition) is 3. The largest absolute Gasteiger partial charge is 0.481 e. The molecule has 2 atom stereocenters.